The Morgan fingerprint density at radius 1 is 1.06 bits per heavy atom. The van der Waals surface area contributed by atoms with Crippen LogP contribution in [0.4, 0.5) is 5.69 Å². The van der Waals surface area contributed by atoms with Crippen molar-refractivity contribution < 1.29 is 4.79 Å². The molecule has 5 rings (SSSR count). The van der Waals surface area contributed by atoms with Crippen molar-refractivity contribution in [3.05, 3.63) is 74.7 Å². The van der Waals surface area contributed by atoms with Gasteiger partial charge in [0.15, 0.2) is 0 Å². The number of rotatable bonds is 5. The van der Waals surface area contributed by atoms with E-state index in [2.05, 4.69) is 45.2 Å². The Morgan fingerprint density at radius 2 is 1.86 bits per heavy atom. The number of H-pyrrole nitrogens is 1. The van der Waals surface area contributed by atoms with E-state index < -0.39 is 0 Å². The van der Waals surface area contributed by atoms with Crippen LogP contribution in [0.15, 0.2) is 41.2 Å². The molecule has 0 bridgehead atoms. The third-order valence-corrected chi connectivity index (χ3v) is 8.12. The molecule has 1 amide bonds. The van der Waals surface area contributed by atoms with E-state index in [0.717, 1.165) is 48.5 Å². The number of fused-ring (bicyclic) bond motifs is 2. The third-order valence-electron chi connectivity index (χ3n) is 8.12. The molecule has 6 heteroatoms. The Kier molecular flexibility index (Phi) is 7.61. The van der Waals surface area contributed by atoms with Gasteiger partial charge in [-0.1, -0.05) is 18.2 Å². The van der Waals surface area contributed by atoms with Gasteiger partial charge in [-0.3, -0.25) is 9.59 Å². The molecule has 2 fully saturated rings. The quantitative estimate of drug-likeness (QED) is 0.614. The van der Waals surface area contributed by atoms with Crippen molar-refractivity contribution in [3.8, 4) is 0 Å². The van der Waals surface area contributed by atoms with E-state index in [1.165, 1.54) is 51.0 Å². The first-order chi connectivity index (χ1) is 17.5. The number of likely N-dealkylation sites (tertiary alicyclic amines) is 1. The summed E-state index contributed by atoms with van der Waals surface area (Å²) in [6, 6.07) is 8.66. The predicted octanol–water partition coefficient (Wildman–Crippen LogP) is 4.36. The number of aromatic nitrogens is 1. The first kappa shape index (κ1) is 24.8. The fourth-order valence-corrected chi connectivity index (χ4v) is 6.00. The molecule has 6 nitrogen and oxygen atoms in total. The standard InChI is InChI=1S/C30H40N4O2/c1-3-34(24-14-16-33(17-15-24)20-22-12-13-22)28-11-7-10-26-25(28)9-6-4-5-8-23-18-21(2)32-30(36)27(23)19-31-29(26)35/h4,6-7,10-11,18,22,24H,3,5,8-9,12-17,19-20H2,1-2H3,(H,31,35)(H,32,36)/b6-4+. The number of aromatic amines is 1. The zero-order chi connectivity index (χ0) is 25.1. The molecule has 1 aromatic heterocycles. The molecule has 1 saturated heterocycles. The molecule has 0 atom stereocenters. The predicted molar refractivity (Wildman–Crippen MR) is 146 cm³/mol. The second-order valence-electron chi connectivity index (χ2n) is 10.7. The minimum absolute atomic E-state index is 0.106. The number of hydrogen-bond donors (Lipinski definition) is 2. The van der Waals surface area contributed by atoms with Gasteiger partial charge in [-0.25, -0.2) is 0 Å². The Hall–Kier alpha value is -2.86. The topological polar surface area (TPSA) is 68.4 Å². The summed E-state index contributed by atoms with van der Waals surface area (Å²) in [5.74, 6) is 0.831. The molecule has 1 aliphatic carbocycles. The monoisotopic (exact) mass is 488 g/mol. The number of nitrogens with one attached hydrogen (secondary N) is 2. The van der Waals surface area contributed by atoms with Gasteiger partial charge in [0.05, 0.1) is 0 Å². The highest BCUT2D eigenvalue weighted by molar-refractivity contribution is 5.97. The average Bonchev–Trinajstić information content (AvgIpc) is 3.68. The van der Waals surface area contributed by atoms with Gasteiger partial charge in [0.2, 0.25) is 0 Å². The molecule has 0 radical (unpaired) electrons. The fraction of sp³-hybridized carbons (Fsp3) is 0.533. The molecule has 0 spiro atoms. The smallest absolute Gasteiger partial charge is 0.253 e. The number of hydrogen-bond acceptors (Lipinski definition) is 4. The summed E-state index contributed by atoms with van der Waals surface area (Å²) in [5.41, 5.74) is 5.41. The van der Waals surface area contributed by atoms with E-state index in [1.54, 1.807) is 0 Å². The maximum Gasteiger partial charge on any atom is 0.253 e. The summed E-state index contributed by atoms with van der Waals surface area (Å²) < 4.78 is 0. The summed E-state index contributed by atoms with van der Waals surface area (Å²) in [6.07, 6.45) is 12.0. The molecule has 0 unspecified atom stereocenters. The van der Waals surface area contributed by atoms with Crippen LogP contribution in [0.2, 0.25) is 0 Å². The highest BCUT2D eigenvalue weighted by Crippen LogP contribution is 2.33. The van der Waals surface area contributed by atoms with Gasteiger partial charge < -0.3 is 20.1 Å². The zero-order valence-electron chi connectivity index (χ0n) is 21.8. The minimum Gasteiger partial charge on any atom is -0.368 e. The third kappa shape index (κ3) is 5.59. The Morgan fingerprint density at radius 3 is 2.61 bits per heavy atom. The molecule has 1 aromatic carbocycles. The molecule has 192 valence electrons. The van der Waals surface area contributed by atoms with Crippen molar-refractivity contribution >= 4 is 11.6 Å². The first-order valence-electron chi connectivity index (χ1n) is 13.8. The largest absolute Gasteiger partial charge is 0.368 e. The Labute approximate surface area is 214 Å². The van der Waals surface area contributed by atoms with E-state index in [1.807, 2.05) is 25.1 Å². The molecule has 2 aromatic rings. The fourth-order valence-electron chi connectivity index (χ4n) is 6.00. The average molecular weight is 489 g/mol. The molecule has 2 N–H and O–H groups in total. The summed E-state index contributed by atoms with van der Waals surface area (Å²) >= 11 is 0. The van der Waals surface area contributed by atoms with Crippen LogP contribution in [0.25, 0.3) is 0 Å². The number of piperidine rings is 1. The van der Waals surface area contributed by atoms with E-state index in [9.17, 15) is 9.59 Å². The number of benzene rings is 1. The normalized spacial score (nSPS) is 20.4. The molecule has 3 heterocycles. The lowest BCUT2D eigenvalue weighted by Crippen LogP contribution is -2.46. The number of aryl methyl sites for hydroxylation is 2. The molecule has 36 heavy (non-hydrogen) atoms. The van der Waals surface area contributed by atoms with Gasteiger partial charge in [-0.05, 0) is 94.0 Å². The van der Waals surface area contributed by atoms with Gasteiger partial charge in [0.25, 0.3) is 11.5 Å². The van der Waals surface area contributed by atoms with Crippen LogP contribution in [-0.4, -0.2) is 48.0 Å². The zero-order valence-corrected chi connectivity index (χ0v) is 21.8. The van der Waals surface area contributed by atoms with Crippen LogP contribution in [0, 0.1) is 12.8 Å². The van der Waals surface area contributed by atoms with Gasteiger partial charge in [0, 0.05) is 61.3 Å². The SMILES string of the molecule is CCN(c1cccc2c1C/C=C/CCc1cc(C)[nH]c(=O)c1CNC2=O)C1CCN(CC2CC2)CC1. The first-order valence-corrected chi connectivity index (χ1v) is 13.8. The molecule has 1 saturated carbocycles. The number of allylic oxidation sites excluding steroid dienone is 2. The lowest BCUT2D eigenvalue weighted by molar-refractivity contribution is 0.0950. The summed E-state index contributed by atoms with van der Waals surface area (Å²) in [4.78, 5) is 34.2. The molecule has 2 aliphatic heterocycles. The highest BCUT2D eigenvalue weighted by atomic mass is 16.1. The van der Waals surface area contributed by atoms with Crippen LogP contribution in [-0.2, 0) is 19.4 Å². The van der Waals surface area contributed by atoms with Crippen LogP contribution in [0.5, 0.6) is 0 Å². The van der Waals surface area contributed by atoms with Crippen molar-refractivity contribution in [1.29, 1.82) is 0 Å². The van der Waals surface area contributed by atoms with Crippen molar-refractivity contribution in [2.75, 3.05) is 31.1 Å². The summed E-state index contributed by atoms with van der Waals surface area (Å²) in [7, 11) is 0. The van der Waals surface area contributed by atoms with Crippen molar-refractivity contribution in [1.82, 2.24) is 15.2 Å². The Bertz CT molecular complexity index is 1170. The number of carbonyl (C=O) groups excluding carboxylic acids is 1. The van der Waals surface area contributed by atoms with Gasteiger partial charge in [0.1, 0.15) is 0 Å². The number of pyridine rings is 1. The Balaban J connectivity index is 1.40. The maximum atomic E-state index is 13.4. The van der Waals surface area contributed by atoms with Crippen molar-refractivity contribution in [2.24, 2.45) is 5.92 Å². The van der Waals surface area contributed by atoms with E-state index >= 15 is 0 Å². The van der Waals surface area contributed by atoms with Crippen molar-refractivity contribution in [2.45, 2.75) is 71.4 Å². The van der Waals surface area contributed by atoms with Crippen molar-refractivity contribution in [3.63, 3.8) is 0 Å². The van der Waals surface area contributed by atoms with Gasteiger partial charge >= 0.3 is 0 Å². The second-order valence-corrected chi connectivity index (χ2v) is 10.7. The minimum atomic E-state index is -0.109. The van der Waals surface area contributed by atoms with Crippen LogP contribution in [0.1, 0.15) is 71.8 Å². The highest BCUT2D eigenvalue weighted by Gasteiger charge is 2.30. The van der Waals surface area contributed by atoms with Gasteiger partial charge in [-0.15, -0.1) is 0 Å². The van der Waals surface area contributed by atoms with E-state index in [0.29, 0.717) is 17.2 Å². The lowest BCUT2D eigenvalue weighted by Gasteiger charge is -2.40. The molecular formula is C30H40N4O2. The van der Waals surface area contributed by atoms with Crippen LogP contribution in [0.3, 0.4) is 0 Å². The molecular weight excluding hydrogens is 448 g/mol. The number of carbonyl (C=O) groups is 1. The number of nitrogens with zero attached hydrogens (tertiary/aromatic N) is 2. The molecule has 3 aliphatic rings. The van der Waals surface area contributed by atoms with Crippen LogP contribution < -0.4 is 15.8 Å². The van der Waals surface area contributed by atoms with E-state index in [-0.39, 0.29) is 18.0 Å². The second kappa shape index (κ2) is 11.0. The maximum absolute atomic E-state index is 13.4. The summed E-state index contributed by atoms with van der Waals surface area (Å²) in [6.45, 7) is 8.91. The number of anilines is 1. The number of amides is 1. The lowest BCUT2D eigenvalue weighted by atomic mass is 9.95. The summed E-state index contributed by atoms with van der Waals surface area (Å²) in [5, 5.41) is 3.06. The van der Waals surface area contributed by atoms with E-state index in [4.69, 9.17) is 0 Å². The van der Waals surface area contributed by atoms with Gasteiger partial charge in [-0.2, -0.15) is 0 Å². The van der Waals surface area contributed by atoms with Crippen LogP contribution >= 0.6 is 0 Å².